The van der Waals surface area contributed by atoms with Crippen molar-refractivity contribution >= 4 is 32.7 Å². The number of aryl methyl sites for hydroxylation is 1. The molecule has 0 N–H and O–H groups in total. The summed E-state index contributed by atoms with van der Waals surface area (Å²) in [5, 5.41) is 0. The Labute approximate surface area is 108 Å². The molecule has 3 nitrogen and oxygen atoms in total. The molecule has 0 radical (unpaired) electrons. The highest BCUT2D eigenvalue weighted by molar-refractivity contribution is 14.1. The summed E-state index contributed by atoms with van der Waals surface area (Å²) in [6, 6.07) is 1.78. The number of rotatable bonds is 2. The van der Waals surface area contributed by atoms with Crippen molar-refractivity contribution in [2.24, 2.45) is 0 Å². The molecule has 0 aliphatic rings. The summed E-state index contributed by atoms with van der Waals surface area (Å²) in [6.45, 7) is 1.52. The van der Waals surface area contributed by atoms with Crippen LogP contribution in [0.3, 0.4) is 0 Å². The van der Waals surface area contributed by atoms with Crippen molar-refractivity contribution in [1.29, 1.82) is 0 Å². The van der Waals surface area contributed by atoms with E-state index in [0.29, 0.717) is 9.13 Å². The van der Waals surface area contributed by atoms with Gasteiger partial charge in [0.2, 0.25) is 0 Å². The fraction of sp³-hybridized carbons (Fsp3) is 0.250. The smallest absolute Gasteiger partial charge is 0.373 e. The standard InChI is InChI=1S/C8H5F4IO3S/c1-4-2-5(9)7(3-6(4)13)16-17(14,15)8(10,11)12/h2-3H,1H3. The van der Waals surface area contributed by atoms with Crippen LogP contribution in [0.25, 0.3) is 0 Å². The van der Waals surface area contributed by atoms with Crippen molar-refractivity contribution in [2.75, 3.05) is 0 Å². The average Bonchev–Trinajstić information content (AvgIpc) is 2.12. The number of alkyl halides is 3. The third-order valence-electron chi connectivity index (χ3n) is 1.70. The van der Waals surface area contributed by atoms with Gasteiger partial charge >= 0.3 is 15.6 Å². The van der Waals surface area contributed by atoms with Crippen LogP contribution in [-0.2, 0) is 10.1 Å². The fourth-order valence-electron chi connectivity index (χ4n) is 0.857. The van der Waals surface area contributed by atoms with E-state index in [4.69, 9.17) is 0 Å². The summed E-state index contributed by atoms with van der Waals surface area (Å²) in [4.78, 5) is 0. The van der Waals surface area contributed by atoms with Gasteiger partial charge in [-0.2, -0.15) is 21.6 Å². The van der Waals surface area contributed by atoms with Gasteiger partial charge in [-0.15, -0.1) is 0 Å². The molecule has 1 aromatic carbocycles. The zero-order valence-corrected chi connectivity index (χ0v) is 11.2. The molecule has 0 saturated carbocycles. The molecule has 0 heterocycles. The topological polar surface area (TPSA) is 43.4 Å². The zero-order chi connectivity index (χ0) is 13.4. The summed E-state index contributed by atoms with van der Waals surface area (Å²) < 4.78 is 74.6. The van der Waals surface area contributed by atoms with Crippen molar-refractivity contribution in [3.05, 3.63) is 27.1 Å². The van der Waals surface area contributed by atoms with E-state index in [0.717, 1.165) is 12.1 Å². The molecule has 0 fully saturated rings. The Balaban J connectivity index is 3.18. The van der Waals surface area contributed by atoms with Gasteiger partial charge in [-0.05, 0) is 47.2 Å². The molecule has 0 aromatic heterocycles. The largest absolute Gasteiger partial charge is 0.534 e. The molecule has 0 aliphatic carbocycles. The lowest BCUT2D eigenvalue weighted by atomic mass is 10.2. The predicted molar refractivity (Wildman–Crippen MR) is 59.5 cm³/mol. The minimum absolute atomic E-state index is 0.386. The highest BCUT2D eigenvalue weighted by Crippen LogP contribution is 2.30. The third-order valence-corrected chi connectivity index (χ3v) is 3.82. The molecule has 1 aromatic rings. The summed E-state index contributed by atoms with van der Waals surface area (Å²) in [6.07, 6.45) is 0. The maximum atomic E-state index is 13.2. The molecule has 0 spiro atoms. The quantitative estimate of drug-likeness (QED) is 0.341. The maximum absolute atomic E-state index is 13.2. The van der Waals surface area contributed by atoms with Crippen LogP contribution in [0, 0.1) is 16.3 Å². The molecule has 0 unspecified atom stereocenters. The molecule has 0 aliphatic heterocycles. The third kappa shape index (κ3) is 3.21. The second-order valence-electron chi connectivity index (χ2n) is 3.02. The first-order valence-corrected chi connectivity index (χ1v) is 6.49. The normalized spacial score (nSPS) is 12.6. The molecule has 1 rings (SSSR count). The van der Waals surface area contributed by atoms with Crippen molar-refractivity contribution in [2.45, 2.75) is 12.4 Å². The number of hydrogen-bond donors (Lipinski definition) is 0. The van der Waals surface area contributed by atoms with E-state index in [9.17, 15) is 26.0 Å². The first-order chi connectivity index (χ1) is 7.54. The Hall–Kier alpha value is -0.580. The van der Waals surface area contributed by atoms with E-state index >= 15 is 0 Å². The van der Waals surface area contributed by atoms with E-state index in [1.807, 2.05) is 0 Å². The Bertz CT molecular complexity index is 538. The number of halogens is 5. The Morgan fingerprint density at radius 3 is 2.29 bits per heavy atom. The molecule has 0 bridgehead atoms. The lowest BCUT2D eigenvalue weighted by Gasteiger charge is -2.11. The van der Waals surface area contributed by atoms with Crippen LogP contribution >= 0.6 is 22.6 Å². The van der Waals surface area contributed by atoms with Crippen molar-refractivity contribution in [3.63, 3.8) is 0 Å². The molecule has 9 heteroatoms. The Morgan fingerprint density at radius 2 is 1.82 bits per heavy atom. The Morgan fingerprint density at radius 1 is 1.29 bits per heavy atom. The molecule has 96 valence electrons. The van der Waals surface area contributed by atoms with Crippen LogP contribution < -0.4 is 4.18 Å². The maximum Gasteiger partial charge on any atom is 0.534 e. The lowest BCUT2D eigenvalue weighted by Crippen LogP contribution is -2.28. The van der Waals surface area contributed by atoms with Gasteiger partial charge in [0, 0.05) is 3.57 Å². The predicted octanol–water partition coefficient (Wildman–Crippen LogP) is 2.97. The van der Waals surface area contributed by atoms with Gasteiger partial charge < -0.3 is 4.18 Å². The second kappa shape index (κ2) is 4.59. The molecule has 0 saturated heterocycles. The summed E-state index contributed by atoms with van der Waals surface area (Å²) in [5.41, 5.74) is -5.13. The van der Waals surface area contributed by atoms with Crippen LogP contribution in [-0.4, -0.2) is 13.9 Å². The SMILES string of the molecule is Cc1cc(F)c(OS(=O)(=O)C(F)(F)F)cc1I. The summed E-state index contributed by atoms with van der Waals surface area (Å²) >= 11 is 1.72. The van der Waals surface area contributed by atoms with Gasteiger partial charge in [0.05, 0.1) is 0 Å². The van der Waals surface area contributed by atoms with Crippen molar-refractivity contribution in [1.82, 2.24) is 0 Å². The van der Waals surface area contributed by atoms with E-state index in [2.05, 4.69) is 4.18 Å². The van der Waals surface area contributed by atoms with Crippen LogP contribution in [0.1, 0.15) is 5.56 Å². The first-order valence-electron chi connectivity index (χ1n) is 4.01. The highest BCUT2D eigenvalue weighted by Gasteiger charge is 2.48. The van der Waals surface area contributed by atoms with Gasteiger partial charge in [-0.25, -0.2) is 4.39 Å². The van der Waals surface area contributed by atoms with Crippen LogP contribution in [0.5, 0.6) is 5.75 Å². The van der Waals surface area contributed by atoms with Crippen LogP contribution in [0.4, 0.5) is 17.6 Å². The average molecular weight is 384 g/mol. The summed E-state index contributed by atoms with van der Waals surface area (Å²) in [5.74, 6) is -2.15. The minimum atomic E-state index is -5.85. The molecular formula is C8H5F4IO3S. The van der Waals surface area contributed by atoms with Crippen LogP contribution in [0.15, 0.2) is 12.1 Å². The lowest BCUT2D eigenvalue weighted by molar-refractivity contribution is -0.0500. The number of hydrogen-bond acceptors (Lipinski definition) is 3. The molecular weight excluding hydrogens is 379 g/mol. The minimum Gasteiger partial charge on any atom is -0.373 e. The van der Waals surface area contributed by atoms with Gasteiger partial charge in [-0.1, -0.05) is 0 Å². The highest BCUT2D eigenvalue weighted by atomic mass is 127. The van der Waals surface area contributed by atoms with Crippen molar-refractivity contribution < 1.29 is 30.2 Å². The van der Waals surface area contributed by atoms with E-state index in [-0.39, 0.29) is 0 Å². The van der Waals surface area contributed by atoms with Gasteiger partial charge in [-0.3, -0.25) is 0 Å². The Kier molecular flexibility index (Phi) is 3.91. The van der Waals surface area contributed by atoms with E-state index in [1.165, 1.54) is 6.92 Å². The number of benzene rings is 1. The van der Waals surface area contributed by atoms with Gasteiger partial charge in [0.25, 0.3) is 0 Å². The van der Waals surface area contributed by atoms with E-state index in [1.54, 1.807) is 22.6 Å². The van der Waals surface area contributed by atoms with E-state index < -0.39 is 27.2 Å². The first kappa shape index (κ1) is 14.5. The molecule has 0 atom stereocenters. The second-order valence-corrected chi connectivity index (χ2v) is 5.72. The van der Waals surface area contributed by atoms with Crippen molar-refractivity contribution in [3.8, 4) is 5.75 Å². The zero-order valence-electron chi connectivity index (χ0n) is 8.18. The van der Waals surface area contributed by atoms with Gasteiger partial charge in [0.1, 0.15) is 0 Å². The molecule has 17 heavy (non-hydrogen) atoms. The fourth-order valence-corrected chi connectivity index (χ4v) is 1.75. The monoisotopic (exact) mass is 384 g/mol. The summed E-state index contributed by atoms with van der Waals surface area (Å²) in [7, 11) is -5.85. The molecule has 0 amide bonds. The van der Waals surface area contributed by atoms with Gasteiger partial charge in [0.15, 0.2) is 11.6 Å². The van der Waals surface area contributed by atoms with Crippen LogP contribution in [0.2, 0.25) is 0 Å².